The Labute approximate surface area is 159 Å². The van der Waals surface area contributed by atoms with E-state index < -0.39 is 11.8 Å². The van der Waals surface area contributed by atoms with Crippen molar-refractivity contribution < 1.29 is 14.3 Å². The number of hydrogen-bond acceptors (Lipinski definition) is 3. The minimum Gasteiger partial charge on any atom is -0.492 e. The van der Waals surface area contributed by atoms with Crippen molar-refractivity contribution in [1.82, 2.24) is 10.9 Å². The molecule has 0 aliphatic rings. The van der Waals surface area contributed by atoms with Gasteiger partial charge in [0.1, 0.15) is 5.75 Å². The van der Waals surface area contributed by atoms with Crippen LogP contribution in [-0.4, -0.2) is 18.4 Å². The molecular formula is C18H18BrClN2O3. The fourth-order valence-corrected chi connectivity index (χ4v) is 2.56. The minimum atomic E-state index is -0.428. The molecule has 0 aromatic heterocycles. The van der Waals surface area contributed by atoms with E-state index >= 15 is 0 Å². The van der Waals surface area contributed by atoms with Crippen LogP contribution in [0.4, 0.5) is 0 Å². The van der Waals surface area contributed by atoms with Crippen LogP contribution in [0.3, 0.4) is 0 Å². The molecule has 0 heterocycles. The van der Waals surface area contributed by atoms with Crippen LogP contribution in [0.2, 0.25) is 5.02 Å². The van der Waals surface area contributed by atoms with Crippen molar-refractivity contribution in [3.63, 3.8) is 0 Å². The molecule has 0 radical (unpaired) electrons. The highest BCUT2D eigenvalue weighted by Crippen LogP contribution is 2.26. The molecule has 2 rings (SSSR count). The highest BCUT2D eigenvalue weighted by molar-refractivity contribution is 9.10. The van der Waals surface area contributed by atoms with Crippen molar-refractivity contribution in [2.75, 3.05) is 6.61 Å². The standard InChI is InChI=1S/C18H18BrClN2O3/c1-2-3-10-25-16-9-6-13(11-15(16)19)18(24)22-21-17(23)12-4-7-14(20)8-5-12/h4-9,11H,2-3,10H2,1H3,(H,21,23)(H,22,24). The van der Waals surface area contributed by atoms with Gasteiger partial charge in [-0.1, -0.05) is 24.9 Å². The van der Waals surface area contributed by atoms with E-state index in [1.807, 2.05) is 0 Å². The van der Waals surface area contributed by atoms with Gasteiger partial charge in [-0.2, -0.15) is 0 Å². The molecule has 0 atom stereocenters. The highest BCUT2D eigenvalue weighted by Gasteiger charge is 2.11. The number of benzene rings is 2. The zero-order valence-corrected chi connectivity index (χ0v) is 16.0. The Morgan fingerprint density at radius 3 is 2.24 bits per heavy atom. The third-order valence-corrected chi connectivity index (χ3v) is 4.22. The summed E-state index contributed by atoms with van der Waals surface area (Å²) in [6.07, 6.45) is 2.01. The smallest absolute Gasteiger partial charge is 0.269 e. The van der Waals surface area contributed by atoms with Crippen LogP contribution < -0.4 is 15.6 Å². The van der Waals surface area contributed by atoms with Crippen LogP contribution in [0.5, 0.6) is 5.75 Å². The number of rotatable bonds is 6. The van der Waals surface area contributed by atoms with Crippen molar-refractivity contribution >= 4 is 39.3 Å². The summed E-state index contributed by atoms with van der Waals surface area (Å²) in [5.74, 6) is -0.179. The van der Waals surface area contributed by atoms with Crippen molar-refractivity contribution in [3.05, 3.63) is 63.1 Å². The van der Waals surface area contributed by atoms with Gasteiger partial charge in [0.25, 0.3) is 11.8 Å². The maximum Gasteiger partial charge on any atom is 0.269 e. The highest BCUT2D eigenvalue weighted by atomic mass is 79.9. The molecule has 5 nitrogen and oxygen atoms in total. The molecule has 0 fully saturated rings. The van der Waals surface area contributed by atoms with E-state index in [1.165, 1.54) is 0 Å². The Kier molecular flexibility index (Phi) is 7.28. The fourth-order valence-electron chi connectivity index (χ4n) is 1.94. The van der Waals surface area contributed by atoms with Gasteiger partial charge in [0.15, 0.2) is 0 Å². The van der Waals surface area contributed by atoms with Gasteiger partial charge in [0, 0.05) is 16.1 Å². The van der Waals surface area contributed by atoms with Crippen LogP contribution in [0.25, 0.3) is 0 Å². The lowest BCUT2D eigenvalue weighted by molar-refractivity contribution is 0.0846. The Balaban J connectivity index is 1.93. The summed E-state index contributed by atoms with van der Waals surface area (Å²) in [6, 6.07) is 11.3. The number of hydrogen-bond donors (Lipinski definition) is 2. The third-order valence-electron chi connectivity index (χ3n) is 3.35. The molecule has 0 bridgehead atoms. The average molecular weight is 426 g/mol. The topological polar surface area (TPSA) is 67.4 Å². The summed E-state index contributed by atoms with van der Waals surface area (Å²) in [5, 5.41) is 0.534. The predicted molar refractivity (Wildman–Crippen MR) is 101 cm³/mol. The van der Waals surface area contributed by atoms with E-state index in [0.717, 1.165) is 12.8 Å². The van der Waals surface area contributed by atoms with Gasteiger partial charge in [-0.15, -0.1) is 0 Å². The number of halogens is 2. The Hall–Kier alpha value is -2.05. The molecule has 132 valence electrons. The Morgan fingerprint density at radius 1 is 1.04 bits per heavy atom. The lowest BCUT2D eigenvalue weighted by atomic mass is 10.2. The predicted octanol–water partition coefficient (Wildman–Crippen LogP) is 4.36. The average Bonchev–Trinajstić information content (AvgIpc) is 2.61. The first kappa shape index (κ1) is 19.3. The summed E-state index contributed by atoms with van der Waals surface area (Å²) in [7, 11) is 0. The third kappa shape index (κ3) is 5.76. The van der Waals surface area contributed by atoms with Gasteiger partial charge in [0.05, 0.1) is 11.1 Å². The molecule has 0 saturated carbocycles. The van der Waals surface area contributed by atoms with Crippen LogP contribution in [0.15, 0.2) is 46.9 Å². The monoisotopic (exact) mass is 424 g/mol. The zero-order valence-electron chi connectivity index (χ0n) is 13.6. The second-order valence-electron chi connectivity index (χ2n) is 5.26. The minimum absolute atomic E-state index is 0.394. The first-order valence-electron chi connectivity index (χ1n) is 7.80. The second kappa shape index (κ2) is 9.44. The number of nitrogens with one attached hydrogen (secondary N) is 2. The van der Waals surface area contributed by atoms with E-state index in [2.05, 4.69) is 33.7 Å². The lowest BCUT2D eigenvalue weighted by Gasteiger charge is -2.10. The quantitative estimate of drug-likeness (QED) is 0.534. The van der Waals surface area contributed by atoms with Crippen LogP contribution in [0, 0.1) is 0 Å². The molecule has 25 heavy (non-hydrogen) atoms. The molecule has 0 saturated heterocycles. The summed E-state index contributed by atoms with van der Waals surface area (Å²) < 4.78 is 6.30. The number of carbonyl (C=O) groups excluding carboxylic acids is 2. The molecule has 0 spiro atoms. The number of carbonyl (C=O) groups is 2. The van der Waals surface area contributed by atoms with Crippen molar-refractivity contribution in [2.24, 2.45) is 0 Å². The number of unbranched alkanes of at least 4 members (excludes halogenated alkanes) is 1. The van der Waals surface area contributed by atoms with E-state index in [0.29, 0.717) is 33.0 Å². The molecule has 2 amide bonds. The molecular weight excluding hydrogens is 408 g/mol. The maximum absolute atomic E-state index is 12.1. The lowest BCUT2D eigenvalue weighted by Crippen LogP contribution is -2.41. The normalized spacial score (nSPS) is 10.2. The summed E-state index contributed by atoms with van der Waals surface area (Å²) >= 11 is 9.16. The fraction of sp³-hybridized carbons (Fsp3) is 0.222. The first-order valence-corrected chi connectivity index (χ1v) is 8.97. The Morgan fingerprint density at radius 2 is 1.64 bits per heavy atom. The van der Waals surface area contributed by atoms with Crippen LogP contribution >= 0.6 is 27.5 Å². The molecule has 2 N–H and O–H groups in total. The number of hydrazine groups is 1. The molecule has 0 aliphatic carbocycles. The van der Waals surface area contributed by atoms with E-state index in [4.69, 9.17) is 16.3 Å². The molecule has 2 aromatic rings. The van der Waals surface area contributed by atoms with Gasteiger partial charge in [0.2, 0.25) is 0 Å². The number of amides is 2. The molecule has 2 aromatic carbocycles. The summed E-state index contributed by atoms with van der Waals surface area (Å²) in [4.78, 5) is 24.1. The molecule has 0 unspecified atom stereocenters. The molecule has 7 heteroatoms. The summed E-state index contributed by atoms with van der Waals surface area (Å²) in [5.41, 5.74) is 5.53. The van der Waals surface area contributed by atoms with E-state index in [1.54, 1.807) is 42.5 Å². The van der Waals surface area contributed by atoms with Crippen LogP contribution in [0.1, 0.15) is 40.5 Å². The van der Waals surface area contributed by atoms with E-state index in [9.17, 15) is 9.59 Å². The molecule has 0 aliphatic heterocycles. The zero-order chi connectivity index (χ0) is 18.2. The summed E-state index contributed by atoms with van der Waals surface area (Å²) in [6.45, 7) is 2.71. The van der Waals surface area contributed by atoms with Gasteiger partial charge >= 0.3 is 0 Å². The van der Waals surface area contributed by atoms with Gasteiger partial charge in [-0.3, -0.25) is 20.4 Å². The van der Waals surface area contributed by atoms with Gasteiger partial charge in [-0.25, -0.2) is 0 Å². The van der Waals surface area contributed by atoms with Crippen molar-refractivity contribution in [3.8, 4) is 5.75 Å². The Bertz CT molecular complexity index is 750. The van der Waals surface area contributed by atoms with Gasteiger partial charge in [-0.05, 0) is 64.8 Å². The van der Waals surface area contributed by atoms with Crippen LogP contribution in [-0.2, 0) is 0 Å². The van der Waals surface area contributed by atoms with Gasteiger partial charge < -0.3 is 4.74 Å². The van der Waals surface area contributed by atoms with Crippen molar-refractivity contribution in [2.45, 2.75) is 19.8 Å². The second-order valence-corrected chi connectivity index (χ2v) is 6.55. The van der Waals surface area contributed by atoms with Crippen molar-refractivity contribution in [1.29, 1.82) is 0 Å². The first-order chi connectivity index (χ1) is 12.0. The largest absolute Gasteiger partial charge is 0.492 e. The SMILES string of the molecule is CCCCOc1ccc(C(=O)NNC(=O)c2ccc(Cl)cc2)cc1Br. The maximum atomic E-state index is 12.1. The number of ether oxygens (including phenoxy) is 1. The van der Waals surface area contributed by atoms with E-state index in [-0.39, 0.29) is 0 Å².